The van der Waals surface area contributed by atoms with Crippen molar-refractivity contribution in [3.63, 3.8) is 0 Å². The predicted molar refractivity (Wildman–Crippen MR) is 78.4 cm³/mol. The smallest absolute Gasteiger partial charge is 0.387 e. The first-order chi connectivity index (χ1) is 10.1. The summed E-state index contributed by atoms with van der Waals surface area (Å²) < 4.78 is 34.0. The van der Waals surface area contributed by atoms with Crippen LogP contribution in [0.2, 0.25) is 0 Å². The van der Waals surface area contributed by atoms with Gasteiger partial charge >= 0.3 is 6.61 Å². The molecule has 0 aliphatic heterocycles. The Morgan fingerprint density at radius 1 is 1.05 bits per heavy atom. The Morgan fingerprint density at radius 3 is 2.48 bits per heavy atom. The van der Waals surface area contributed by atoms with E-state index in [-0.39, 0.29) is 11.1 Å². The molecule has 2 rings (SSSR count). The van der Waals surface area contributed by atoms with Crippen LogP contribution in [0.15, 0.2) is 48.5 Å². The minimum absolute atomic E-state index is 0.110. The van der Waals surface area contributed by atoms with E-state index >= 15 is 0 Å². The Labute approximate surface area is 127 Å². The number of rotatable bonds is 6. The molecule has 2 nitrogen and oxygen atoms in total. The Bertz CT molecular complexity index is 590. The molecule has 0 heterocycles. The maximum Gasteiger partial charge on any atom is 0.387 e. The van der Waals surface area contributed by atoms with Gasteiger partial charge in [-0.2, -0.15) is 8.78 Å². The first-order valence-corrected chi connectivity index (χ1v) is 6.84. The summed E-state index contributed by atoms with van der Waals surface area (Å²) in [5, 5.41) is -0.335. The van der Waals surface area contributed by atoms with Crippen LogP contribution in [0.5, 0.6) is 11.5 Å². The maximum absolute atomic E-state index is 12.2. The summed E-state index contributed by atoms with van der Waals surface area (Å²) in [5.41, 5.74) is 1.74. The van der Waals surface area contributed by atoms with E-state index in [2.05, 4.69) is 4.74 Å². The summed E-state index contributed by atoms with van der Waals surface area (Å²) in [6.45, 7) is -2.84. The van der Waals surface area contributed by atoms with Crippen LogP contribution in [0.3, 0.4) is 0 Å². The van der Waals surface area contributed by atoms with Crippen LogP contribution in [0, 0.1) is 0 Å². The van der Waals surface area contributed by atoms with Crippen LogP contribution >= 0.6 is 11.6 Å². The number of alkyl halides is 3. The molecular weight excluding hydrogens is 298 g/mol. The fourth-order valence-electron chi connectivity index (χ4n) is 2.01. The van der Waals surface area contributed by atoms with Crippen molar-refractivity contribution < 1.29 is 18.3 Å². The number of benzene rings is 2. The fourth-order valence-corrected chi connectivity index (χ4v) is 2.32. The summed E-state index contributed by atoms with van der Waals surface area (Å²) in [6.07, 6.45) is 0.566. The molecule has 2 aromatic rings. The van der Waals surface area contributed by atoms with Crippen molar-refractivity contribution in [3.05, 3.63) is 59.7 Å². The molecule has 0 saturated heterocycles. The third kappa shape index (κ3) is 4.60. The highest BCUT2D eigenvalue weighted by molar-refractivity contribution is 6.20. The van der Waals surface area contributed by atoms with Gasteiger partial charge in [-0.05, 0) is 41.8 Å². The fraction of sp³-hybridized carbons (Fsp3) is 0.250. The van der Waals surface area contributed by atoms with Crippen LogP contribution in [0.1, 0.15) is 16.5 Å². The Kier molecular flexibility index (Phi) is 5.39. The minimum Gasteiger partial charge on any atom is -0.497 e. The monoisotopic (exact) mass is 312 g/mol. The molecule has 0 aliphatic rings. The van der Waals surface area contributed by atoms with E-state index in [1.807, 2.05) is 24.3 Å². The van der Waals surface area contributed by atoms with Gasteiger partial charge in [0.15, 0.2) is 0 Å². The number of halogens is 3. The van der Waals surface area contributed by atoms with E-state index in [0.717, 1.165) is 16.9 Å². The Morgan fingerprint density at radius 2 is 1.76 bits per heavy atom. The maximum atomic E-state index is 12.2. The van der Waals surface area contributed by atoms with Gasteiger partial charge in [-0.3, -0.25) is 0 Å². The second-order valence-corrected chi connectivity index (χ2v) is 5.00. The van der Waals surface area contributed by atoms with E-state index in [4.69, 9.17) is 16.3 Å². The minimum atomic E-state index is -2.84. The van der Waals surface area contributed by atoms with E-state index in [1.54, 1.807) is 19.2 Å². The van der Waals surface area contributed by atoms with Crippen LogP contribution in [-0.4, -0.2) is 13.7 Å². The molecule has 2 aromatic carbocycles. The highest BCUT2D eigenvalue weighted by atomic mass is 35.5. The molecule has 112 valence electrons. The van der Waals surface area contributed by atoms with Gasteiger partial charge in [0.05, 0.1) is 12.5 Å². The predicted octanol–water partition coefficient (Wildman–Crippen LogP) is 4.82. The van der Waals surface area contributed by atoms with Crippen molar-refractivity contribution in [2.24, 2.45) is 0 Å². The highest BCUT2D eigenvalue weighted by Gasteiger charge is 2.12. The lowest BCUT2D eigenvalue weighted by Crippen LogP contribution is -2.03. The lowest BCUT2D eigenvalue weighted by atomic mass is 10.0. The molecule has 0 N–H and O–H groups in total. The third-order valence-electron chi connectivity index (χ3n) is 2.99. The summed E-state index contributed by atoms with van der Waals surface area (Å²) in [6, 6.07) is 14.0. The topological polar surface area (TPSA) is 18.5 Å². The molecule has 5 heteroatoms. The van der Waals surface area contributed by atoms with Crippen molar-refractivity contribution in [2.75, 3.05) is 7.11 Å². The molecule has 0 fully saturated rings. The summed E-state index contributed by atoms with van der Waals surface area (Å²) in [4.78, 5) is 0. The van der Waals surface area contributed by atoms with Crippen LogP contribution in [-0.2, 0) is 6.42 Å². The van der Waals surface area contributed by atoms with Crippen molar-refractivity contribution in [2.45, 2.75) is 18.4 Å². The molecule has 0 bridgehead atoms. The molecule has 21 heavy (non-hydrogen) atoms. The lowest BCUT2D eigenvalue weighted by molar-refractivity contribution is -0.0498. The van der Waals surface area contributed by atoms with E-state index < -0.39 is 6.61 Å². The summed E-state index contributed by atoms with van der Waals surface area (Å²) in [7, 11) is 1.60. The number of methoxy groups -OCH3 is 1. The molecule has 0 aromatic heterocycles. The zero-order chi connectivity index (χ0) is 15.2. The van der Waals surface area contributed by atoms with Gasteiger partial charge in [-0.25, -0.2) is 0 Å². The molecule has 0 aliphatic carbocycles. The lowest BCUT2D eigenvalue weighted by Gasteiger charge is -2.12. The number of hydrogen-bond acceptors (Lipinski definition) is 2. The molecule has 1 unspecified atom stereocenters. The first kappa shape index (κ1) is 15.6. The second-order valence-electron chi connectivity index (χ2n) is 4.47. The van der Waals surface area contributed by atoms with Crippen molar-refractivity contribution in [3.8, 4) is 11.5 Å². The summed E-state index contributed by atoms with van der Waals surface area (Å²) in [5.74, 6) is 0.866. The van der Waals surface area contributed by atoms with Crippen LogP contribution in [0.4, 0.5) is 8.78 Å². The van der Waals surface area contributed by atoms with Crippen molar-refractivity contribution >= 4 is 11.6 Å². The average Bonchev–Trinajstić information content (AvgIpc) is 2.47. The molecule has 0 spiro atoms. The standard InChI is InChI=1S/C16H15ClF2O2/c1-20-13-6-2-4-11(8-13)9-15(17)12-5-3-7-14(10-12)21-16(18)19/h2-8,10,15-16H,9H2,1H3. The molecule has 1 atom stereocenters. The van der Waals surface area contributed by atoms with Crippen molar-refractivity contribution in [1.29, 1.82) is 0 Å². The average molecular weight is 313 g/mol. The van der Waals surface area contributed by atoms with E-state index in [9.17, 15) is 8.78 Å². The van der Waals surface area contributed by atoms with Gasteiger partial charge in [-0.15, -0.1) is 11.6 Å². The zero-order valence-corrected chi connectivity index (χ0v) is 12.2. The van der Waals surface area contributed by atoms with Crippen LogP contribution in [0.25, 0.3) is 0 Å². The van der Waals surface area contributed by atoms with Crippen molar-refractivity contribution in [1.82, 2.24) is 0 Å². The van der Waals surface area contributed by atoms with Crippen LogP contribution < -0.4 is 9.47 Å². The van der Waals surface area contributed by atoms with Gasteiger partial charge < -0.3 is 9.47 Å². The van der Waals surface area contributed by atoms with Gasteiger partial charge in [0.1, 0.15) is 11.5 Å². The Balaban J connectivity index is 2.10. The number of ether oxygens (including phenoxy) is 2. The normalized spacial score (nSPS) is 12.2. The highest BCUT2D eigenvalue weighted by Crippen LogP contribution is 2.29. The van der Waals surface area contributed by atoms with Gasteiger partial charge in [-0.1, -0.05) is 24.3 Å². The van der Waals surface area contributed by atoms with E-state index in [1.165, 1.54) is 12.1 Å². The zero-order valence-electron chi connectivity index (χ0n) is 11.4. The molecule has 0 amide bonds. The molecule has 0 radical (unpaired) electrons. The SMILES string of the molecule is COc1cccc(CC(Cl)c2cccc(OC(F)F)c2)c1. The third-order valence-corrected chi connectivity index (χ3v) is 3.40. The van der Waals surface area contributed by atoms with Gasteiger partial charge in [0.2, 0.25) is 0 Å². The number of hydrogen-bond donors (Lipinski definition) is 0. The summed E-state index contributed by atoms with van der Waals surface area (Å²) >= 11 is 6.36. The van der Waals surface area contributed by atoms with Gasteiger partial charge in [0, 0.05) is 0 Å². The molecular formula is C16H15ClF2O2. The largest absolute Gasteiger partial charge is 0.497 e. The van der Waals surface area contributed by atoms with Gasteiger partial charge in [0.25, 0.3) is 0 Å². The Hall–Kier alpha value is -1.81. The first-order valence-electron chi connectivity index (χ1n) is 6.40. The second kappa shape index (κ2) is 7.27. The molecule has 0 saturated carbocycles. The van der Waals surface area contributed by atoms with E-state index in [0.29, 0.717) is 6.42 Å². The quantitative estimate of drug-likeness (QED) is 0.712.